The molecule has 0 aliphatic heterocycles. The van der Waals surface area contributed by atoms with E-state index in [4.69, 9.17) is 5.73 Å². The van der Waals surface area contributed by atoms with E-state index < -0.39 is 0 Å². The lowest BCUT2D eigenvalue weighted by Gasteiger charge is -2.10. The molecular weight excluding hydrogens is 160 g/mol. The van der Waals surface area contributed by atoms with Crippen molar-refractivity contribution in [3.63, 3.8) is 0 Å². The Hall–Kier alpha value is -1.02. The fourth-order valence-corrected chi connectivity index (χ4v) is 1.20. The number of nitrogen functional groups attached to an aromatic ring is 1. The van der Waals surface area contributed by atoms with Crippen molar-refractivity contribution < 1.29 is 0 Å². The van der Waals surface area contributed by atoms with Gasteiger partial charge in [0.1, 0.15) is 0 Å². The van der Waals surface area contributed by atoms with Gasteiger partial charge in [-0.15, -0.1) is 0 Å². The van der Waals surface area contributed by atoms with Gasteiger partial charge in [-0.1, -0.05) is 31.5 Å². The molecule has 3 N–H and O–H groups in total. The average Bonchev–Trinajstić information content (AvgIpc) is 2.06. The van der Waals surface area contributed by atoms with Crippen LogP contribution in [0.5, 0.6) is 0 Å². The number of anilines is 1. The first-order valence-corrected chi connectivity index (χ1v) is 4.68. The maximum Gasteiger partial charge on any atom is 0.0359 e. The standard InChI is InChI=1S/C11H18N2/c1-8(2)13-7-10-6-9(3)4-5-11(10)12/h4-6,8,13H,7,12H2,1-3H3. The highest BCUT2D eigenvalue weighted by atomic mass is 14.9. The van der Waals surface area contributed by atoms with E-state index in [1.54, 1.807) is 0 Å². The second-order valence-electron chi connectivity index (χ2n) is 3.74. The zero-order valence-electron chi connectivity index (χ0n) is 8.59. The van der Waals surface area contributed by atoms with Crippen molar-refractivity contribution in [1.82, 2.24) is 5.32 Å². The zero-order valence-corrected chi connectivity index (χ0v) is 8.59. The quantitative estimate of drug-likeness (QED) is 0.695. The van der Waals surface area contributed by atoms with Crippen LogP contribution in [0.2, 0.25) is 0 Å². The van der Waals surface area contributed by atoms with E-state index in [2.05, 4.69) is 32.2 Å². The third-order valence-electron chi connectivity index (χ3n) is 2.00. The summed E-state index contributed by atoms with van der Waals surface area (Å²) >= 11 is 0. The fraction of sp³-hybridized carbons (Fsp3) is 0.455. The first kappa shape index (κ1) is 10.1. The molecule has 0 spiro atoms. The predicted octanol–water partition coefficient (Wildman–Crippen LogP) is 2.08. The molecule has 0 heterocycles. The molecule has 0 amide bonds. The van der Waals surface area contributed by atoms with Crippen molar-refractivity contribution in [3.05, 3.63) is 29.3 Å². The Morgan fingerprint density at radius 3 is 2.69 bits per heavy atom. The van der Waals surface area contributed by atoms with Crippen molar-refractivity contribution in [2.45, 2.75) is 33.4 Å². The van der Waals surface area contributed by atoms with Gasteiger partial charge in [0.25, 0.3) is 0 Å². The number of nitrogens with one attached hydrogen (secondary N) is 1. The zero-order chi connectivity index (χ0) is 9.84. The number of hydrogen-bond acceptors (Lipinski definition) is 2. The number of benzene rings is 1. The molecule has 2 heteroatoms. The van der Waals surface area contributed by atoms with Crippen molar-refractivity contribution in [3.8, 4) is 0 Å². The molecule has 0 aliphatic carbocycles. The number of rotatable bonds is 3. The highest BCUT2D eigenvalue weighted by Crippen LogP contribution is 2.13. The van der Waals surface area contributed by atoms with Crippen LogP contribution in [-0.4, -0.2) is 6.04 Å². The molecule has 2 nitrogen and oxygen atoms in total. The van der Waals surface area contributed by atoms with Gasteiger partial charge in [0, 0.05) is 18.3 Å². The van der Waals surface area contributed by atoms with Gasteiger partial charge >= 0.3 is 0 Å². The maximum atomic E-state index is 5.84. The molecule has 1 rings (SSSR count). The van der Waals surface area contributed by atoms with Crippen LogP contribution in [0.25, 0.3) is 0 Å². The molecule has 72 valence electrons. The van der Waals surface area contributed by atoms with Crippen LogP contribution in [0.15, 0.2) is 18.2 Å². The first-order chi connectivity index (χ1) is 6.09. The summed E-state index contributed by atoms with van der Waals surface area (Å²) in [6.45, 7) is 7.20. The van der Waals surface area contributed by atoms with E-state index >= 15 is 0 Å². The maximum absolute atomic E-state index is 5.84. The Labute approximate surface area is 80.1 Å². The van der Waals surface area contributed by atoms with Crippen LogP contribution in [0, 0.1) is 6.92 Å². The highest BCUT2D eigenvalue weighted by molar-refractivity contribution is 5.48. The molecule has 0 radical (unpaired) electrons. The normalized spacial score (nSPS) is 10.8. The third-order valence-corrected chi connectivity index (χ3v) is 2.00. The van der Waals surface area contributed by atoms with Gasteiger partial charge in [0.05, 0.1) is 0 Å². The lowest BCUT2D eigenvalue weighted by molar-refractivity contribution is 0.589. The number of nitrogens with two attached hydrogens (primary N) is 1. The highest BCUT2D eigenvalue weighted by Gasteiger charge is 1.99. The second-order valence-corrected chi connectivity index (χ2v) is 3.74. The van der Waals surface area contributed by atoms with Crippen molar-refractivity contribution in [1.29, 1.82) is 0 Å². The van der Waals surface area contributed by atoms with Crippen molar-refractivity contribution in [2.75, 3.05) is 5.73 Å². The van der Waals surface area contributed by atoms with Crippen LogP contribution < -0.4 is 11.1 Å². The molecule has 0 atom stereocenters. The van der Waals surface area contributed by atoms with E-state index in [1.807, 2.05) is 12.1 Å². The topological polar surface area (TPSA) is 38.0 Å². The van der Waals surface area contributed by atoms with Gasteiger partial charge in [-0.25, -0.2) is 0 Å². The molecule has 1 aromatic carbocycles. The number of aryl methyl sites for hydroxylation is 1. The first-order valence-electron chi connectivity index (χ1n) is 4.68. The Balaban J connectivity index is 2.70. The Morgan fingerprint density at radius 2 is 2.08 bits per heavy atom. The monoisotopic (exact) mass is 178 g/mol. The summed E-state index contributed by atoms with van der Waals surface area (Å²) in [5.41, 5.74) is 9.16. The molecule has 13 heavy (non-hydrogen) atoms. The van der Waals surface area contributed by atoms with Crippen LogP contribution in [0.1, 0.15) is 25.0 Å². The summed E-state index contributed by atoms with van der Waals surface area (Å²) < 4.78 is 0. The van der Waals surface area contributed by atoms with E-state index in [-0.39, 0.29) is 0 Å². The number of hydrogen-bond donors (Lipinski definition) is 2. The lowest BCUT2D eigenvalue weighted by atomic mass is 10.1. The van der Waals surface area contributed by atoms with E-state index in [0.29, 0.717) is 6.04 Å². The van der Waals surface area contributed by atoms with Gasteiger partial charge < -0.3 is 11.1 Å². The molecule has 1 aromatic rings. The molecule has 0 saturated carbocycles. The van der Waals surface area contributed by atoms with Crippen LogP contribution >= 0.6 is 0 Å². The minimum absolute atomic E-state index is 0.500. The van der Waals surface area contributed by atoms with E-state index in [1.165, 1.54) is 11.1 Å². The summed E-state index contributed by atoms with van der Waals surface area (Å²) in [5, 5.41) is 3.35. The van der Waals surface area contributed by atoms with E-state index in [9.17, 15) is 0 Å². The predicted molar refractivity (Wildman–Crippen MR) is 57.6 cm³/mol. The van der Waals surface area contributed by atoms with Gasteiger partial charge in [-0.05, 0) is 18.6 Å². The average molecular weight is 178 g/mol. The molecule has 0 unspecified atom stereocenters. The summed E-state index contributed by atoms with van der Waals surface area (Å²) in [5.74, 6) is 0. The molecular formula is C11H18N2. The van der Waals surface area contributed by atoms with Crippen LogP contribution in [0.3, 0.4) is 0 Å². The molecule has 0 aliphatic rings. The molecule has 0 fully saturated rings. The Bertz CT molecular complexity index is 279. The molecule has 0 saturated heterocycles. The minimum atomic E-state index is 0.500. The lowest BCUT2D eigenvalue weighted by Crippen LogP contribution is -2.22. The molecule has 0 bridgehead atoms. The summed E-state index contributed by atoms with van der Waals surface area (Å²) in [6.07, 6.45) is 0. The van der Waals surface area contributed by atoms with Crippen LogP contribution in [-0.2, 0) is 6.54 Å². The summed E-state index contributed by atoms with van der Waals surface area (Å²) in [4.78, 5) is 0. The summed E-state index contributed by atoms with van der Waals surface area (Å²) in [6, 6.07) is 6.63. The van der Waals surface area contributed by atoms with Gasteiger partial charge in [-0.2, -0.15) is 0 Å². The van der Waals surface area contributed by atoms with Crippen molar-refractivity contribution in [2.24, 2.45) is 0 Å². The smallest absolute Gasteiger partial charge is 0.0359 e. The van der Waals surface area contributed by atoms with E-state index in [0.717, 1.165) is 12.2 Å². The third kappa shape index (κ3) is 3.07. The largest absolute Gasteiger partial charge is 0.398 e. The fourth-order valence-electron chi connectivity index (χ4n) is 1.20. The van der Waals surface area contributed by atoms with Crippen molar-refractivity contribution >= 4 is 5.69 Å². The minimum Gasteiger partial charge on any atom is -0.398 e. The molecule has 0 aromatic heterocycles. The Morgan fingerprint density at radius 1 is 1.38 bits per heavy atom. The van der Waals surface area contributed by atoms with Gasteiger partial charge in [0.15, 0.2) is 0 Å². The SMILES string of the molecule is Cc1ccc(N)c(CNC(C)C)c1. The van der Waals surface area contributed by atoms with Gasteiger partial charge in [0.2, 0.25) is 0 Å². The van der Waals surface area contributed by atoms with Crippen LogP contribution in [0.4, 0.5) is 5.69 Å². The second kappa shape index (κ2) is 4.28. The summed E-state index contributed by atoms with van der Waals surface area (Å²) in [7, 11) is 0. The van der Waals surface area contributed by atoms with Gasteiger partial charge in [-0.3, -0.25) is 0 Å². The Kier molecular flexibility index (Phi) is 3.32.